The van der Waals surface area contributed by atoms with E-state index in [-0.39, 0.29) is 17.8 Å². The molecule has 0 aliphatic carbocycles. The molecule has 0 spiro atoms. The SMILES string of the molecule is CCS(=O)(=O)Nc1cccc(C(=O)NCC2CCCO2)c1. The zero-order valence-corrected chi connectivity index (χ0v) is 12.8. The van der Waals surface area contributed by atoms with E-state index < -0.39 is 10.0 Å². The second kappa shape index (κ2) is 6.91. The van der Waals surface area contributed by atoms with Gasteiger partial charge in [0, 0.05) is 24.4 Å². The zero-order chi connectivity index (χ0) is 15.3. The third kappa shape index (κ3) is 4.71. The highest BCUT2D eigenvalue weighted by molar-refractivity contribution is 7.92. The second-order valence-corrected chi connectivity index (χ2v) is 6.94. The molecule has 1 atom stereocenters. The largest absolute Gasteiger partial charge is 0.376 e. The predicted octanol–water partition coefficient (Wildman–Crippen LogP) is 1.36. The minimum Gasteiger partial charge on any atom is -0.376 e. The summed E-state index contributed by atoms with van der Waals surface area (Å²) in [7, 11) is -3.34. The van der Waals surface area contributed by atoms with Crippen LogP contribution in [0, 0.1) is 0 Å². The molecule has 1 aliphatic heterocycles. The Morgan fingerprint density at radius 2 is 2.24 bits per heavy atom. The van der Waals surface area contributed by atoms with Gasteiger partial charge in [-0.2, -0.15) is 0 Å². The van der Waals surface area contributed by atoms with Crippen molar-refractivity contribution in [2.75, 3.05) is 23.6 Å². The van der Waals surface area contributed by atoms with Crippen LogP contribution < -0.4 is 10.0 Å². The lowest BCUT2D eigenvalue weighted by Gasteiger charge is -2.11. The molecule has 2 rings (SSSR count). The van der Waals surface area contributed by atoms with Crippen molar-refractivity contribution in [3.8, 4) is 0 Å². The fourth-order valence-electron chi connectivity index (χ4n) is 2.09. The molecular weight excluding hydrogens is 292 g/mol. The van der Waals surface area contributed by atoms with Crippen LogP contribution in [-0.4, -0.2) is 39.3 Å². The van der Waals surface area contributed by atoms with E-state index in [0.29, 0.717) is 17.8 Å². The van der Waals surface area contributed by atoms with Crippen LogP contribution in [-0.2, 0) is 14.8 Å². The Kier molecular flexibility index (Phi) is 5.19. The van der Waals surface area contributed by atoms with Crippen LogP contribution in [0.25, 0.3) is 0 Å². The first kappa shape index (κ1) is 15.8. The van der Waals surface area contributed by atoms with Crippen LogP contribution in [0.3, 0.4) is 0 Å². The van der Waals surface area contributed by atoms with Gasteiger partial charge in [-0.05, 0) is 38.0 Å². The molecule has 1 heterocycles. The Hall–Kier alpha value is -1.60. The maximum atomic E-state index is 12.0. The van der Waals surface area contributed by atoms with Gasteiger partial charge >= 0.3 is 0 Å². The first-order valence-electron chi connectivity index (χ1n) is 7.00. The van der Waals surface area contributed by atoms with Crippen LogP contribution in [0.5, 0.6) is 0 Å². The van der Waals surface area contributed by atoms with Gasteiger partial charge in [0.25, 0.3) is 5.91 Å². The van der Waals surface area contributed by atoms with E-state index in [1.807, 2.05) is 0 Å². The second-order valence-electron chi connectivity index (χ2n) is 4.93. The highest BCUT2D eigenvalue weighted by Gasteiger charge is 2.17. The first-order valence-corrected chi connectivity index (χ1v) is 8.66. The standard InChI is InChI=1S/C14H20N2O4S/c1-2-21(18,19)16-12-6-3-5-11(9-12)14(17)15-10-13-7-4-8-20-13/h3,5-6,9,13,16H,2,4,7-8,10H2,1H3,(H,15,17). The van der Waals surface area contributed by atoms with E-state index in [0.717, 1.165) is 19.4 Å². The first-order chi connectivity index (χ1) is 10.00. The van der Waals surface area contributed by atoms with Crippen molar-refractivity contribution in [1.29, 1.82) is 0 Å². The number of nitrogens with one attached hydrogen (secondary N) is 2. The lowest BCUT2D eigenvalue weighted by atomic mass is 10.2. The number of hydrogen-bond acceptors (Lipinski definition) is 4. The topological polar surface area (TPSA) is 84.5 Å². The number of ether oxygens (including phenoxy) is 1. The number of hydrogen-bond donors (Lipinski definition) is 2. The van der Waals surface area contributed by atoms with E-state index in [1.165, 1.54) is 6.07 Å². The van der Waals surface area contributed by atoms with Crippen LogP contribution >= 0.6 is 0 Å². The molecule has 1 aromatic carbocycles. The van der Waals surface area contributed by atoms with Crippen molar-refractivity contribution in [1.82, 2.24) is 5.32 Å². The summed E-state index contributed by atoms with van der Waals surface area (Å²) in [6.45, 7) is 2.78. The highest BCUT2D eigenvalue weighted by atomic mass is 32.2. The molecule has 1 aromatic rings. The van der Waals surface area contributed by atoms with E-state index >= 15 is 0 Å². The van der Waals surface area contributed by atoms with Gasteiger partial charge in [0.05, 0.1) is 11.9 Å². The summed E-state index contributed by atoms with van der Waals surface area (Å²) in [6, 6.07) is 6.44. The fraction of sp³-hybridized carbons (Fsp3) is 0.500. The summed E-state index contributed by atoms with van der Waals surface area (Å²) in [6.07, 6.45) is 2.06. The van der Waals surface area contributed by atoms with Gasteiger partial charge in [-0.1, -0.05) is 6.07 Å². The van der Waals surface area contributed by atoms with Gasteiger partial charge in [-0.3, -0.25) is 9.52 Å². The average Bonchev–Trinajstić information content (AvgIpc) is 2.98. The third-order valence-electron chi connectivity index (χ3n) is 3.29. The number of rotatable bonds is 6. The molecule has 2 N–H and O–H groups in total. The van der Waals surface area contributed by atoms with Gasteiger partial charge in [0.2, 0.25) is 10.0 Å². The summed E-state index contributed by atoms with van der Waals surface area (Å²) in [5, 5.41) is 2.80. The Bertz CT molecular complexity index is 595. The Morgan fingerprint density at radius 1 is 1.43 bits per heavy atom. The maximum absolute atomic E-state index is 12.0. The molecule has 116 valence electrons. The van der Waals surface area contributed by atoms with Crippen LogP contribution in [0.15, 0.2) is 24.3 Å². The normalized spacial score (nSPS) is 18.4. The molecule has 7 heteroatoms. The number of carbonyl (C=O) groups is 1. The summed E-state index contributed by atoms with van der Waals surface area (Å²) in [5.74, 6) is -0.245. The van der Waals surface area contributed by atoms with Crippen LogP contribution in [0.4, 0.5) is 5.69 Å². The quantitative estimate of drug-likeness (QED) is 0.830. The molecule has 0 bridgehead atoms. The van der Waals surface area contributed by atoms with E-state index in [1.54, 1.807) is 25.1 Å². The fourth-order valence-corrected chi connectivity index (χ4v) is 2.72. The number of benzene rings is 1. The Labute approximate surface area is 124 Å². The molecule has 0 radical (unpaired) electrons. The monoisotopic (exact) mass is 312 g/mol. The van der Waals surface area contributed by atoms with E-state index in [2.05, 4.69) is 10.0 Å². The van der Waals surface area contributed by atoms with E-state index in [9.17, 15) is 13.2 Å². The predicted molar refractivity (Wildman–Crippen MR) is 80.8 cm³/mol. The molecule has 1 amide bonds. The summed E-state index contributed by atoms with van der Waals surface area (Å²) >= 11 is 0. The van der Waals surface area contributed by atoms with Crippen LogP contribution in [0.2, 0.25) is 0 Å². The molecule has 6 nitrogen and oxygen atoms in total. The minimum atomic E-state index is -3.34. The molecule has 21 heavy (non-hydrogen) atoms. The zero-order valence-electron chi connectivity index (χ0n) is 12.0. The minimum absolute atomic E-state index is 0.0115. The summed E-state index contributed by atoms with van der Waals surface area (Å²) in [5.41, 5.74) is 0.811. The van der Waals surface area contributed by atoms with Gasteiger partial charge in [-0.25, -0.2) is 8.42 Å². The summed E-state index contributed by atoms with van der Waals surface area (Å²) in [4.78, 5) is 12.0. The number of sulfonamides is 1. The van der Waals surface area contributed by atoms with Crippen molar-refractivity contribution >= 4 is 21.6 Å². The molecular formula is C14H20N2O4S. The smallest absolute Gasteiger partial charge is 0.251 e. The van der Waals surface area contributed by atoms with Gasteiger partial charge in [-0.15, -0.1) is 0 Å². The average molecular weight is 312 g/mol. The Balaban J connectivity index is 1.97. The van der Waals surface area contributed by atoms with Crippen molar-refractivity contribution in [3.63, 3.8) is 0 Å². The van der Waals surface area contributed by atoms with Crippen molar-refractivity contribution in [2.24, 2.45) is 0 Å². The molecule has 1 saturated heterocycles. The maximum Gasteiger partial charge on any atom is 0.251 e. The van der Waals surface area contributed by atoms with Crippen molar-refractivity contribution in [2.45, 2.75) is 25.9 Å². The molecule has 1 aliphatic rings. The molecule has 1 unspecified atom stereocenters. The number of anilines is 1. The van der Waals surface area contributed by atoms with Gasteiger partial charge < -0.3 is 10.1 Å². The van der Waals surface area contributed by atoms with E-state index in [4.69, 9.17) is 4.74 Å². The summed E-state index contributed by atoms with van der Waals surface area (Å²) < 4.78 is 30.9. The third-order valence-corrected chi connectivity index (χ3v) is 4.60. The highest BCUT2D eigenvalue weighted by Crippen LogP contribution is 2.14. The van der Waals surface area contributed by atoms with Gasteiger partial charge in [0.15, 0.2) is 0 Å². The lowest BCUT2D eigenvalue weighted by Crippen LogP contribution is -2.31. The lowest BCUT2D eigenvalue weighted by molar-refractivity contribution is 0.0858. The van der Waals surface area contributed by atoms with Crippen molar-refractivity contribution < 1.29 is 17.9 Å². The number of amides is 1. The Morgan fingerprint density at radius 3 is 2.90 bits per heavy atom. The van der Waals surface area contributed by atoms with Crippen molar-refractivity contribution in [3.05, 3.63) is 29.8 Å². The van der Waals surface area contributed by atoms with Crippen LogP contribution in [0.1, 0.15) is 30.1 Å². The number of carbonyl (C=O) groups excluding carboxylic acids is 1. The van der Waals surface area contributed by atoms with Gasteiger partial charge in [0.1, 0.15) is 0 Å². The molecule has 0 aromatic heterocycles. The molecule has 1 fully saturated rings. The molecule has 0 saturated carbocycles.